The highest BCUT2D eigenvalue weighted by atomic mass is 16.5. The van der Waals surface area contributed by atoms with Crippen LogP contribution in [0.15, 0.2) is 48.5 Å². The summed E-state index contributed by atoms with van der Waals surface area (Å²) in [7, 11) is 1.65. The Bertz CT molecular complexity index is 684. The van der Waals surface area contributed by atoms with E-state index in [1.807, 2.05) is 48.5 Å². The van der Waals surface area contributed by atoms with Gasteiger partial charge in [-0.25, -0.2) is 0 Å². The highest BCUT2D eigenvalue weighted by Crippen LogP contribution is 2.31. The van der Waals surface area contributed by atoms with Crippen molar-refractivity contribution in [2.24, 2.45) is 0 Å². The van der Waals surface area contributed by atoms with Crippen LogP contribution in [-0.4, -0.2) is 19.6 Å². The van der Waals surface area contributed by atoms with Gasteiger partial charge in [0, 0.05) is 18.4 Å². The van der Waals surface area contributed by atoms with E-state index >= 15 is 0 Å². The predicted molar refractivity (Wildman–Crippen MR) is 88.8 cm³/mol. The first-order valence-electron chi connectivity index (χ1n) is 7.91. The molecule has 0 bridgehead atoms. The van der Waals surface area contributed by atoms with Crippen molar-refractivity contribution in [2.45, 2.75) is 25.3 Å². The molecule has 0 unspecified atom stereocenters. The van der Waals surface area contributed by atoms with Gasteiger partial charge in [0.2, 0.25) is 5.91 Å². The number of nitrogens with one attached hydrogen (secondary N) is 1. The Morgan fingerprint density at radius 2 is 2.00 bits per heavy atom. The Hall–Kier alpha value is -2.49. The van der Waals surface area contributed by atoms with Gasteiger partial charge in [0.25, 0.3) is 0 Å². The van der Waals surface area contributed by atoms with E-state index in [0.29, 0.717) is 19.4 Å². The van der Waals surface area contributed by atoms with E-state index in [1.165, 1.54) is 0 Å². The monoisotopic (exact) mass is 311 g/mol. The van der Waals surface area contributed by atoms with Crippen LogP contribution in [0.1, 0.15) is 30.0 Å². The van der Waals surface area contributed by atoms with Crippen LogP contribution in [0, 0.1) is 0 Å². The Labute approximate surface area is 136 Å². The van der Waals surface area contributed by atoms with Crippen LogP contribution in [0.4, 0.5) is 0 Å². The molecule has 0 fully saturated rings. The van der Waals surface area contributed by atoms with Crippen molar-refractivity contribution in [3.05, 3.63) is 59.7 Å². The molecule has 0 radical (unpaired) electrons. The zero-order valence-electron chi connectivity index (χ0n) is 13.2. The van der Waals surface area contributed by atoms with Crippen LogP contribution >= 0.6 is 0 Å². The van der Waals surface area contributed by atoms with Gasteiger partial charge < -0.3 is 14.8 Å². The maximum absolute atomic E-state index is 12.3. The van der Waals surface area contributed by atoms with Crippen molar-refractivity contribution in [1.29, 1.82) is 0 Å². The first-order valence-corrected chi connectivity index (χ1v) is 7.91. The number of fused-ring (bicyclic) bond motifs is 1. The highest BCUT2D eigenvalue weighted by Gasteiger charge is 2.22. The van der Waals surface area contributed by atoms with Gasteiger partial charge in [-0.1, -0.05) is 36.4 Å². The SMILES string of the molecule is COc1ccccc1CCC(=O)N[C@H]1CCOc2ccccc21. The van der Waals surface area contributed by atoms with E-state index in [4.69, 9.17) is 9.47 Å². The van der Waals surface area contributed by atoms with Gasteiger partial charge in [0.05, 0.1) is 19.8 Å². The standard InChI is InChI=1S/C19H21NO3/c1-22-17-8-4-2-6-14(17)10-11-19(21)20-16-12-13-23-18-9-5-3-7-15(16)18/h2-9,16H,10-13H2,1H3,(H,20,21)/t16-/m0/s1. The maximum Gasteiger partial charge on any atom is 0.220 e. The first kappa shape index (κ1) is 15.4. The summed E-state index contributed by atoms with van der Waals surface area (Å²) in [5.41, 5.74) is 2.11. The molecule has 1 aliphatic heterocycles. The third-order valence-electron chi connectivity index (χ3n) is 4.11. The summed E-state index contributed by atoms with van der Waals surface area (Å²) in [6.07, 6.45) is 1.91. The minimum atomic E-state index is 0.0325. The van der Waals surface area contributed by atoms with Gasteiger partial charge in [0.1, 0.15) is 11.5 Å². The molecule has 4 heteroatoms. The number of benzene rings is 2. The number of hydrogen-bond donors (Lipinski definition) is 1. The van der Waals surface area contributed by atoms with E-state index in [-0.39, 0.29) is 11.9 Å². The maximum atomic E-state index is 12.3. The molecule has 1 N–H and O–H groups in total. The average Bonchev–Trinajstić information content (AvgIpc) is 2.60. The zero-order chi connectivity index (χ0) is 16.1. The lowest BCUT2D eigenvalue weighted by Gasteiger charge is -2.26. The molecule has 0 spiro atoms. The Morgan fingerprint density at radius 3 is 2.87 bits per heavy atom. The van der Waals surface area contributed by atoms with Crippen LogP contribution in [0.2, 0.25) is 0 Å². The van der Waals surface area contributed by atoms with Crippen molar-refractivity contribution in [3.63, 3.8) is 0 Å². The zero-order valence-corrected chi connectivity index (χ0v) is 13.2. The summed E-state index contributed by atoms with van der Waals surface area (Å²) in [5.74, 6) is 1.75. The molecule has 1 aliphatic rings. The van der Waals surface area contributed by atoms with Crippen molar-refractivity contribution in [3.8, 4) is 11.5 Å². The largest absolute Gasteiger partial charge is 0.496 e. The molecule has 120 valence electrons. The molecule has 4 nitrogen and oxygen atoms in total. The van der Waals surface area contributed by atoms with Crippen molar-refractivity contribution >= 4 is 5.91 Å². The second-order valence-corrected chi connectivity index (χ2v) is 5.61. The quantitative estimate of drug-likeness (QED) is 0.922. The number of hydrogen-bond acceptors (Lipinski definition) is 3. The molecule has 2 aromatic carbocycles. The van der Waals surface area contributed by atoms with E-state index in [1.54, 1.807) is 7.11 Å². The molecule has 0 aliphatic carbocycles. The lowest BCUT2D eigenvalue weighted by Crippen LogP contribution is -2.32. The number of carbonyl (C=O) groups excluding carboxylic acids is 1. The van der Waals surface area contributed by atoms with Gasteiger partial charge in [-0.2, -0.15) is 0 Å². The minimum absolute atomic E-state index is 0.0325. The van der Waals surface area contributed by atoms with Gasteiger partial charge in [-0.3, -0.25) is 4.79 Å². The summed E-state index contributed by atoms with van der Waals surface area (Å²) in [4.78, 5) is 12.3. The molecule has 1 amide bonds. The van der Waals surface area contributed by atoms with Gasteiger partial charge in [-0.15, -0.1) is 0 Å². The summed E-state index contributed by atoms with van der Waals surface area (Å²) >= 11 is 0. The van der Waals surface area contributed by atoms with E-state index < -0.39 is 0 Å². The van der Waals surface area contributed by atoms with E-state index in [9.17, 15) is 4.79 Å². The molecule has 23 heavy (non-hydrogen) atoms. The van der Waals surface area contributed by atoms with Crippen molar-refractivity contribution < 1.29 is 14.3 Å². The van der Waals surface area contributed by atoms with Crippen LogP contribution in [-0.2, 0) is 11.2 Å². The Balaban J connectivity index is 1.60. The van der Waals surface area contributed by atoms with Crippen LogP contribution in [0.25, 0.3) is 0 Å². The minimum Gasteiger partial charge on any atom is -0.496 e. The Kier molecular flexibility index (Phi) is 4.81. The molecule has 2 aromatic rings. The molecular weight excluding hydrogens is 290 g/mol. The van der Waals surface area contributed by atoms with Gasteiger partial charge in [-0.05, 0) is 24.1 Å². The molecule has 0 saturated heterocycles. The van der Waals surface area contributed by atoms with Gasteiger partial charge >= 0.3 is 0 Å². The summed E-state index contributed by atoms with van der Waals surface area (Å²) in [5, 5.41) is 3.12. The summed E-state index contributed by atoms with van der Waals surface area (Å²) in [6, 6.07) is 15.7. The fraction of sp³-hybridized carbons (Fsp3) is 0.316. The topological polar surface area (TPSA) is 47.6 Å². The number of carbonyl (C=O) groups is 1. The average molecular weight is 311 g/mol. The molecule has 3 rings (SSSR count). The third kappa shape index (κ3) is 3.65. The van der Waals surface area contributed by atoms with Crippen LogP contribution < -0.4 is 14.8 Å². The van der Waals surface area contributed by atoms with Crippen molar-refractivity contribution in [1.82, 2.24) is 5.32 Å². The molecule has 1 heterocycles. The molecule has 1 atom stereocenters. The van der Waals surface area contributed by atoms with Crippen LogP contribution in [0.3, 0.4) is 0 Å². The fourth-order valence-electron chi connectivity index (χ4n) is 2.92. The molecule has 0 aromatic heterocycles. The molecule has 0 saturated carbocycles. The second-order valence-electron chi connectivity index (χ2n) is 5.61. The van der Waals surface area contributed by atoms with Crippen molar-refractivity contribution in [2.75, 3.05) is 13.7 Å². The summed E-state index contributed by atoms with van der Waals surface area (Å²) < 4.78 is 11.0. The first-order chi connectivity index (χ1) is 11.3. The third-order valence-corrected chi connectivity index (χ3v) is 4.11. The van der Waals surface area contributed by atoms with E-state index in [0.717, 1.165) is 29.0 Å². The lowest BCUT2D eigenvalue weighted by atomic mass is 10.00. The number of rotatable bonds is 5. The number of ether oxygens (including phenoxy) is 2. The highest BCUT2D eigenvalue weighted by molar-refractivity contribution is 5.77. The molecular formula is C19H21NO3. The number of methoxy groups -OCH3 is 1. The number of amides is 1. The lowest BCUT2D eigenvalue weighted by molar-refractivity contribution is -0.122. The van der Waals surface area contributed by atoms with Gasteiger partial charge in [0.15, 0.2) is 0 Å². The smallest absolute Gasteiger partial charge is 0.220 e. The fourth-order valence-corrected chi connectivity index (χ4v) is 2.92. The summed E-state index contributed by atoms with van der Waals surface area (Å²) in [6.45, 7) is 0.633. The normalized spacial score (nSPS) is 16.1. The number of aryl methyl sites for hydroxylation is 1. The predicted octanol–water partition coefficient (Wildman–Crippen LogP) is 3.27. The Morgan fingerprint density at radius 1 is 1.22 bits per heavy atom. The number of para-hydroxylation sites is 2. The van der Waals surface area contributed by atoms with E-state index in [2.05, 4.69) is 5.32 Å². The second kappa shape index (κ2) is 7.18. The van der Waals surface area contributed by atoms with Crippen LogP contribution in [0.5, 0.6) is 11.5 Å².